The third-order valence-corrected chi connectivity index (χ3v) is 5.51. The topological polar surface area (TPSA) is 53.8 Å². The van der Waals surface area contributed by atoms with Crippen molar-refractivity contribution in [2.45, 2.75) is 36.9 Å². The second kappa shape index (κ2) is 5.62. The van der Waals surface area contributed by atoms with Crippen LogP contribution in [0.25, 0.3) is 0 Å². The number of allylic oxidation sites excluding steroid dienone is 1. The first kappa shape index (κ1) is 16.2. The average Bonchev–Trinajstić information content (AvgIpc) is 2.75. The highest BCUT2D eigenvalue weighted by Crippen LogP contribution is 2.27. The molecular weight excluding hydrogens is 297 g/mol. The Morgan fingerprint density at radius 1 is 1.42 bits per heavy atom. The molecule has 19 heavy (non-hydrogen) atoms. The van der Waals surface area contributed by atoms with Gasteiger partial charge in [0.15, 0.2) is 10.2 Å². The van der Waals surface area contributed by atoms with E-state index >= 15 is 0 Å². The molecule has 0 aliphatic heterocycles. The Balaban J connectivity index is 2.90. The van der Waals surface area contributed by atoms with E-state index in [0.717, 1.165) is 11.3 Å². The summed E-state index contributed by atoms with van der Waals surface area (Å²) < 4.78 is 56.2. The van der Waals surface area contributed by atoms with Gasteiger partial charge in [0, 0.05) is 23.0 Å². The van der Waals surface area contributed by atoms with Crippen LogP contribution in [0.1, 0.15) is 32.9 Å². The molecule has 1 aromatic rings. The molecule has 1 aromatic heterocycles. The van der Waals surface area contributed by atoms with Gasteiger partial charge >= 0.3 is 6.08 Å². The fourth-order valence-corrected chi connectivity index (χ4v) is 3.84. The molecule has 0 fully saturated rings. The highest BCUT2D eigenvalue weighted by atomic mass is 32.2. The van der Waals surface area contributed by atoms with Crippen molar-refractivity contribution < 1.29 is 17.4 Å². The molecule has 8 heteroatoms. The minimum absolute atomic E-state index is 0.0597. The number of halogens is 3. The zero-order chi connectivity index (χ0) is 14.8. The molecule has 0 bridgehead atoms. The SMILES string of the molecule is CC(C)(C)c1csc(S(=N)(=O)CCC(F)=C(F)F)n1. The second-order valence-electron chi connectivity index (χ2n) is 5.04. The Labute approximate surface area is 114 Å². The van der Waals surface area contributed by atoms with E-state index in [0.29, 0.717) is 5.69 Å². The third kappa shape index (κ3) is 4.31. The van der Waals surface area contributed by atoms with E-state index in [1.807, 2.05) is 20.8 Å². The van der Waals surface area contributed by atoms with Crippen LogP contribution in [0.2, 0.25) is 0 Å². The molecule has 0 amide bonds. The quantitative estimate of drug-likeness (QED) is 0.900. The monoisotopic (exact) mass is 312 g/mol. The van der Waals surface area contributed by atoms with Crippen molar-refractivity contribution in [2.24, 2.45) is 0 Å². The molecule has 1 unspecified atom stereocenters. The molecule has 0 aliphatic carbocycles. The molecule has 1 heterocycles. The van der Waals surface area contributed by atoms with Crippen molar-refractivity contribution in [3.05, 3.63) is 23.0 Å². The van der Waals surface area contributed by atoms with E-state index in [4.69, 9.17) is 4.78 Å². The van der Waals surface area contributed by atoms with Gasteiger partial charge < -0.3 is 0 Å². The smallest absolute Gasteiger partial charge is 0.247 e. The Morgan fingerprint density at radius 3 is 2.42 bits per heavy atom. The summed E-state index contributed by atoms with van der Waals surface area (Å²) in [6.45, 7) is 5.75. The first-order chi connectivity index (χ1) is 8.54. The van der Waals surface area contributed by atoms with Crippen LogP contribution in [-0.4, -0.2) is 14.9 Å². The van der Waals surface area contributed by atoms with Crippen LogP contribution in [0.4, 0.5) is 13.2 Å². The van der Waals surface area contributed by atoms with Crippen molar-refractivity contribution >= 4 is 21.1 Å². The molecule has 0 aromatic carbocycles. The van der Waals surface area contributed by atoms with E-state index in [2.05, 4.69) is 4.98 Å². The standard InChI is InChI=1S/C11H15F3N2OS2/c1-11(2,3)8-6-18-10(16-8)19(15,17)5-4-7(12)9(13)14/h6,15H,4-5H2,1-3H3. The van der Waals surface area contributed by atoms with Crippen molar-refractivity contribution in [3.8, 4) is 0 Å². The number of hydrogen-bond donors (Lipinski definition) is 1. The summed E-state index contributed by atoms with van der Waals surface area (Å²) in [5.41, 5.74) is 0.431. The first-order valence-electron chi connectivity index (χ1n) is 5.46. The predicted octanol–water partition coefficient (Wildman–Crippen LogP) is 4.31. The summed E-state index contributed by atoms with van der Waals surface area (Å²) in [4.78, 5) is 4.11. The molecule has 1 N–H and O–H groups in total. The van der Waals surface area contributed by atoms with Crippen molar-refractivity contribution in [2.75, 3.05) is 5.75 Å². The number of nitrogens with zero attached hydrogens (tertiary/aromatic N) is 1. The van der Waals surface area contributed by atoms with E-state index in [9.17, 15) is 17.4 Å². The predicted molar refractivity (Wildman–Crippen MR) is 69.8 cm³/mol. The number of nitrogens with one attached hydrogen (secondary N) is 1. The normalized spacial score (nSPS) is 15.1. The van der Waals surface area contributed by atoms with Crippen LogP contribution in [-0.2, 0) is 15.1 Å². The largest absolute Gasteiger partial charge is 0.301 e. The van der Waals surface area contributed by atoms with Gasteiger partial charge in [-0.3, -0.25) is 0 Å². The molecule has 0 saturated carbocycles. The van der Waals surface area contributed by atoms with Gasteiger partial charge in [-0.15, -0.1) is 11.3 Å². The van der Waals surface area contributed by atoms with Crippen LogP contribution in [0.5, 0.6) is 0 Å². The van der Waals surface area contributed by atoms with Gasteiger partial charge in [-0.05, 0) is 0 Å². The van der Waals surface area contributed by atoms with Gasteiger partial charge in [-0.25, -0.2) is 18.4 Å². The average molecular weight is 312 g/mol. The van der Waals surface area contributed by atoms with Gasteiger partial charge in [0.05, 0.1) is 5.69 Å². The minimum Gasteiger partial charge on any atom is -0.247 e. The molecular formula is C11H15F3N2OS2. The number of thiazole rings is 1. The molecule has 0 spiro atoms. The Morgan fingerprint density at radius 2 is 2.00 bits per heavy atom. The molecule has 0 radical (unpaired) electrons. The van der Waals surface area contributed by atoms with Gasteiger partial charge in [0.2, 0.25) is 0 Å². The van der Waals surface area contributed by atoms with Crippen molar-refractivity contribution in [1.82, 2.24) is 4.98 Å². The maximum absolute atomic E-state index is 12.7. The molecule has 108 valence electrons. The fraction of sp³-hybridized carbons (Fsp3) is 0.545. The lowest BCUT2D eigenvalue weighted by atomic mass is 9.93. The summed E-state index contributed by atoms with van der Waals surface area (Å²) >= 11 is 1.04. The van der Waals surface area contributed by atoms with Crippen LogP contribution in [0.3, 0.4) is 0 Å². The lowest BCUT2D eigenvalue weighted by Crippen LogP contribution is -2.12. The van der Waals surface area contributed by atoms with Gasteiger partial charge in [0.25, 0.3) is 0 Å². The van der Waals surface area contributed by atoms with Crippen LogP contribution < -0.4 is 0 Å². The number of rotatable bonds is 4. The van der Waals surface area contributed by atoms with Crippen LogP contribution in [0, 0.1) is 4.78 Å². The van der Waals surface area contributed by atoms with Gasteiger partial charge in [-0.2, -0.15) is 8.78 Å². The van der Waals surface area contributed by atoms with E-state index in [1.165, 1.54) is 0 Å². The summed E-state index contributed by atoms with van der Waals surface area (Å²) in [5.74, 6) is -2.11. The zero-order valence-electron chi connectivity index (χ0n) is 10.8. The molecule has 3 nitrogen and oxygen atoms in total. The lowest BCUT2D eigenvalue weighted by molar-refractivity contribution is 0.373. The summed E-state index contributed by atoms with van der Waals surface area (Å²) in [7, 11) is -3.33. The van der Waals surface area contributed by atoms with E-state index < -0.39 is 33.8 Å². The third-order valence-electron chi connectivity index (χ3n) is 2.35. The summed E-state index contributed by atoms with van der Waals surface area (Å²) in [6.07, 6.45) is -3.14. The van der Waals surface area contributed by atoms with Crippen molar-refractivity contribution in [3.63, 3.8) is 0 Å². The van der Waals surface area contributed by atoms with Gasteiger partial charge in [-0.1, -0.05) is 20.8 Å². The first-order valence-corrected chi connectivity index (χ1v) is 8.07. The summed E-state index contributed by atoms with van der Waals surface area (Å²) in [5, 5.41) is 1.69. The molecule has 0 aliphatic rings. The van der Waals surface area contributed by atoms with E-state index in [1.54, 1.807) is 5.38 Å². The Bertz CT molecular complexity index is 581. The maximum atomic E-state index is 12.7. The molecule has 1 atom stereocenters. The molecule has 1 rings (SSSR count). The summed E-state index contributed by atoms with van der Waals surface area (Å²) in [6, 6.07) is 0. The highest BCUT2D eigenvalue weighted by Gasteiger charge is 2.22. The van der Waals surface area contributed by atoms with Crippen LogP contribution in [0.15, 0.2) is 21.6 Å². The van der Waals surface area contributed by atoms with Crippen molar-refractivity contribution in [1.29, 1.82) is 4.78 Å². The van der Waals surface area contributed by atoms with Crippen LogP contribution >= 0.6 is 11.3 Å². The Hall–Kier alpha value is -0.890. The number of hydrogen-bond acceptors (Lipinski definition) is 4. The lowest BCUT2D eigenvalue weighted by Gasteiger charge is -2.14. The van der Waals surface area contributed by atoms with Gasteiger partial charge in [0.1, 0.15) is 9.73 Å². The zero-order valence-corrected chi connectivity index (χ0v) is 12.4. The van der Waals surface area contributed by atoms with E-state index in [-0.39, 0.29) is 9.75 Å². The highest BCUT2D eigenvalue weighted by molar-refractivity contribution is 7.94. The Kier molecular flexibility index (Phi) is 4.78. The minimum atomic E-state index is -3.33. The fourth-order valence-electron chi connectivity index (χ4n) is 1.17. The maximum Gasteiger partial charge on any atom is 0.301 e. The second-order valence-corrected chi connectivity index (χ2v) is 8.31. The molecule has 0 saturated heterocycles. The number of aromatic nitrogens is 1.